The number of rotatable bonds is 2. The van der Waals surface area contributed by atoms with E-state index >= 15 is 0 Å². The first-order valence-electron chi connectivity index (χ1n) is 7.97. The molecule has 4 rings (SSSR count). The standard InChI is InChI=1S/C15H16Br2N6O/c1-2-7-24-15-19-12-10(17)8-9(16)11-18-13(22-5-3-4-6-22)20-14(21-15)23(11)12/h8H,2-7H2,1H3. The molecule has 24 heavy (non-hydrogen) atoms. The molecule has 0 aromatic rings. The zero-order valence-electron chi connectivity index (χ0n) is 13.2. The molecule has 4 heterocycles. The Kier molecular flexibility index (Phi) is 4.29. The van der Waals surface area contributed by atoms with Gasteiger partial charge in [-0.2, -0.15) is 20.0 Å². The van der Waals surface area contributed by atoms with Crippen LogP contribution >= 0.6 is 31.9 Å². The van der Waals surface area contributed by atoms with Gasteiger partial charge in [-0.1, -0.05) is 6.92 Å². The molecular weight excluding hydrogens is 440 g/mol. The summed E-state index contributed by atoms with van der Waals surface area (Å²) in [4.78, 5) is 22.4. The Morgan fingerprint density at radius 3 is 2.62 bits per heavy atom. The molecule has 0 saturated carbocycles. The molecule has 0 spiro atoms. The molecule has 1 saturated heterocycles. The summed E-state index contributed by atoms with van der Waals surface area (Å²) in [6, 6.07) is 0.340. The predicted octanol–water partition coefficient (Wildman–Crippen LogP) is 3.16. The van der Waals surface area contributed by atoms with Crippen LogP contribution in [-0.4, -0.2) is 53.3 Å². The molecule has 0 aromatic heterocycles. The first-order chi connectivity index (χ1) is 11.7. The van der Waals surface area contributed by atoms with Crippen LogP contribution < -0.4 is 0 Å². The van der Waals surface area contributed by atoms with E-state index in [1.54, 1.807) is 0 Å². The summed E-state index contributed by atoms with van der Waals surface area (Å²) < 4.78 is 7.33. The van der Waals surface area contributed by atoms with E-state index in [-0.39, 0.29) is 0 Å². The molecule has 4 aliphatic heterocycles. The molecule has 9 heteroatoms. The van der Waals surface area contributed by atoms with Gasteiger partial charge >= 0.3 is 6.02 Å². The number of amidine groups is 2. The zero-order valence-corrected chi connectivity index (χ0v) is 16.3. The smallest absolute Gasteiger partial charge is 0.321 e. The highest BCUT2D eigenvalue weighted by atomic mass is 79.9. The Bertz CT molecular complexity index is 758. The van der Waals surface area contributed by atoms with Crippen molar-refractivity contribution in [2.24, 2.45) is 20.0 Å². The lowest BCUT2D eigenvalue weighted by Gasteiger charge is -2.34. The maximum atomic E-state index is 5.63. The summed E-state index contributed by atoms with van der Waals surface area (Å²) in [7, 11) is 0. The summed E-state index contributed by atoms with van der Waals surface area (Å²) in [5.41, 5.74) is 0. The van der Waals surface area contributed by atoms with Crippen molar-refractivity contribution in [1.82, 2.24) is 9.80 Å². The highest BCUT2D eigenvalue weighted by Gasteiger charge is 2.37. The van der Waals surface area contributed by atoms with Crippen LogP contribution in [0.15, 0.2) is 40.8 Å². The zero-order chi connectivity index (χ0) is 16.7. The van der Waals surface area contributed by atoms with Crippen molar-refractivity contribution >= 4 is 55.6 Å². The van der Waals surface area contributed by atoms with Gasteiger partial charge in [0.1, 0.15) is 0 Å². The second-order valence-electron chi connectivity index (χ2n) is 5.70. The van der Waals surface area contributed by atoms with Crippen molar-refractivity contribution in [3.05, 3.63) is 20.9 Å². The second-order valence-corrected chi connectivity index (χ2v) is 7.40. The summed E-state index contributed by atoms with van der Waals surface area (Å²) in [5, 5.41) is 0. The molecule has 7 nitrogen and oxygen atoms in total. The summed E-state index contributed by atoms with van der Waals surface area (Å²) in [6.07, 6.45) is 5.18. The third-order valence-corrected chi connectivity index (χ3v) is 5.10. The topological polar surface area (TPSA) is 65.2 Å². The highest BCUT2D eigenvalue weighted by molar-refractivity contribution is 9.12. The largest absolute Gasteiger partial charge is 0.463 e. The van der Waals surface area contributed by atoms with Gasteiger partial charge in [0, 0.05) is 13.1 Å². The molecule has 126 valence electrons. The van der Waals surface area contributed by atoms with E-state index in [0.717, 1.165) is 34.3 Å². The third kappa shape index (κ3) is 2.73. The fourth-order valence-corrected chi connectivity index (χ4v) is 4.10. The van der Waals surface area contributed by atoms with Gasteiger partial charge in [-0.05, 0) is 57.2 Å². The van der Waals surface area contributed by atoms with Gasteiger partial charge in [-0.3, -0.25) is 0 Å². The fraction of sp³-hybridized carbons (Fsp3) is 0.467. The van der Waals surface area contributed by atoms with Crippen LogP contribution in [0.1, 0.15) is 26.2 Å². The first-order valence-corrected chi connectivity index (χ1v) is 9.56. The Hall–Kier alpha value is -1.48. The van der Waals surface area contributed by atoms with Crippen LogP contribution in [0.5, 0.6) is 0 Å². The summed E-state index contributed by atoms with van der Waals surface area (Å²) in [6.45, 7) is 4.57. The number of allylic oxidation sites excluding steroid dienone is 2. The number of hydrogen-bond acceptors (Lipinski definition) is 7. The number of nitrogens with zero attached hydrogens (tertiary/aromatic N) is 6. The lowest BCUT2D eigenvalue weighted by atomic mass is 10.3. The Balaban J connectivity index is 1.78. The third-order valence-electron chi connectivity index (χ3n) is 3.93. The van der Waals surface area contributed by atoms with Crippen LogP contribution in [0, 0.1) is 0 Å². The van der Waals surface area contributed by atoms with Gasteiger partial charge in [-0.25, -0.2) is 4.90 Å². The van der Waals surface area contributed by atoms with E-state index in [1.165, 1.54) is 12.8 Å². The van der Waals surface area contributed by atoms with Crippen LogP contribution in [0.25, 0.3) is 0 Å². The average Bonchev–Trinajstić information content (AvgIpc) is 3.11. The van der Waals surface area contributed by atoms with Crippen molar-refractivity contribution < 1.29 is 4.74 Å². The van der Waals surface area contributed by atoms with Gasteiger partial charge in [0.15, 0.2) is 11.7 Å². The molecule has 0 bridgehead atoms. The molecule has 0 N–H and O–H groups in total. The van der Waals surface area contributed by atoms with Crippen LogP contribution in [0.3, 0.4) is 0 Å². The molecule has 0 radical (unpaired) electrons. The molecule has 0 aliphatic carbocycles. The van der Waals surface area contributed by atoms with Crippen LogP contribution in [-0.2, 0) is 4.74 Å². The van der Waals surface area contributed by atoms with Crippen molar-refractivity contribution in [2.45, 2.75) is 26.2 Å². The van der Waals surface area contributed by atoms with Gasteiger partial charge in [0.25, 0.3) is 0 Å². The fourth-order valence-electron chi connectivity index (χ4n) is 2.80. The van der Waals surface area contributed by atoms with Gasteiger partial charge in [0.05, 0.1) is 15.6 Å². The Labute approximate surface area is 156 Å². The van der Waals surface area contributed by atoms with E-state index in [0.29, 0.717) is 30.4 Å². The van der Waals surface area contributed by atoms with E-state index in [4.69, 9.17) is 9.73 Å². The van der Waals surface area contributed by atoms with E-state index in [2.05, 4.69) is 51.7 Å². The minimum atomic E-state index is 0.340. The van der Waals surface area contributed by atoms with Gasteiger partial charge in [0.2, 0.25) is 11.9 Å². The van der Waals surface area contributed by atoms with E-state index in [9.17, 15) is 0 Å². The maximum Gasteiger partial charge on any atom is 0.321 e. The van der Waals surface area contributed by atoms with Crippen LogP contribution in [0.2, 0.25) is 0 Å². The van der Waals surface area contributed by atoms with E-state index in [1.807, 2.05) is 17.9 Å². The number of hydrogen-bond donors (Lipinski definition) is 0. The van der Waals surface area contributed by atoms with Crippen molar-refractivity contribution in [1.29, 1.82) is 0 Å². The number of likely N-dealkylation sites (tertiary alicyclic amines) is 1. The molecule has 0 amide bonds. The number of halogens is 2. The molecule has 1 fully saturated rings. The van der Waals surface area contributed by atoms with Gasteiger partial charge in [-0.15, -0.1) is 0 Å². The Morgan fingerprint density at radius 1 is 1.08 bits per heavy atom. The monoisotopic (exact) mass is 454 g/mol. The lowest BCUT2D eigenvalue weighted by molar-refractivity contribution is 0.297. The maximum absolute atomic E-state index is 5.63. The first kappa shape index (κ1) is 16.0. The average molecular weight is 456 g/mol. The lowest BCUT2D eigenvalue weighted by Crippen LogP contribution is -2.45. The SMILES string of the molecule is CCCOC1=NC2=C(Br)C=C(Br)C3=NC(N4CCCC4)=NC(=N1)N32. The quantitative estimate of drug-likeness (QED) is 0.642. The van der Waals surface area contributed by atoms with Crippen molar-refractivity contribution in [2.75, 3.05) is 19.7 Å². The number of ether oxygens (including phenoxy) is 1. The minimum absolute atomic E-state index is 0.340. The van der Waals surface area contributed by atoms with E-state index < -0.39 is 0 Å². The van der Waals surface area contributed by atoms with Crippen molar-refractivity contribution in [3.8, 4) is 0 Å². The summed E-state index contributed by atoms with van der Waals surface area (Å²) >= 11 is 7.14. The van der Waals surface area contributed by atoms with Crippen LogP contribution in [0.4, 0.5) is 0 Å². The minimum Gasteiger partial charge on any atom is -0.463 e. The predicted molar refractivity (Wildman–Crippen MR) is 102 cm³/mol. The molecule has 0 aromatic carbocycles. The molecule has 0 unspecified atom stereocenters. The number of aliphatic imine (C=N–C) groups is 4. The van der Waals surface area contributed by atoms with Crippen molar-refractivity contribution in [3.63, 3.8) is 0 Å². The summed E-state index contributed by atoms with van der Waals surface area (Å²) in [5.74, 6) is 2.69. The highest BCUT2D eigenvalue weighted by Crippen LogP contribution is 2.34. The Morgan fingerprint density at radius 2 is 1.88 bits per heavy atom. The molecular formula is C15H16Br2N6O. The molecule has 4 aliphatic rings. The number of guanidine groups is 2. The second kappa shape index (κ2) is 6.44. The normalized spacial score (nSPS) is 22.5. The van der Waals surface area contributed by atoms with Gasteiger partial charge < -0.3 is 9.64 Å². The molecule has 0 atom stereocenters.